The highest BCUT2D eigenvalue weighted by Crippen LogP contribution is 2.68. The van der Waals surface area contributed by atoms with E-state index in [9.17, 15) is 14.7 Å². The van der Waals surface area contributed by atoms with E-state index in [1.807, 2.05) is 13.8 Å². The van der Waals surface area contributed by atoms with Gasteiger partial charge in [-0.2, -0.15) is 0 Å². The summed E-state index contributed by atoms with van der Waals surface area (Å²) in [5, 5.41) is 11.6. The van der Waals surface area contributed by atoms with E-state index in [2.05, 4.69) is 20.8 Å². The highest BCUT2D eigenvalue weighted by Gasteiger charge is 2.63. The number of rotatable bonds is 5. The topological polar surface area (TPSA) is 63.6 Å². The molecule has 31 heavy (non-hydrogen) atoms. The highest BCUT2D eigenvalue weighted by atomic mass is 16.5. The lowest BCUT2D eigenvalue weighted by Gasteiger charge is -2.62. The Morgan fingerprint density at radius 1 is 1.13 bits per heavy atom. The van der Waals surface area contributed by atoms with E-state index in [-0.39, 0.29) is 29.0 Å². The number of aliphatic hydroxyl groups excluding tert-OH is 1. The van der Waals surface area contributed by atoms with Gasteiger partial charge in [0.25, 0.3) is 0 Å². The third-order valence-corrected chi connectivity index (χ3v) is 10.5. The van der Waals surface area contributed by atoms with Crippen LogP contribution in [-0.4, -0.2) is 29.1 Å². The first-order chi connectivity index (χ1) is 14.6. The first kappa shape index (κ1) is 23.3. The van der Waals surface area contributed by atoms with Crippen molar-refractivity contribution >= 4 is 11.8 Å². The number of fused-ring (bicyclic) bond motifs is 5. The average molecular weight is 433 g/mol. The molecular formula is C27H44O4. The molecule has 4 saturated carbocycles. The number of carbonyl (C=O) groups excluding carboxylic acids is 2. The molecule has 0 heterocycles. The molecule has 4 aliphatic carbocycles. The van der Waals surface area contributed by atoms with E-state index in [0.717, 1.165) is 32.1 Å². The molecule has 4 unspecified atom stereocenters. The van der Waals surface area contributed by atoms with Gasteiger partial charge in [-0.3, -0.25) is 9.59 Å². The highest BCUT2D eigenvalue weighted by molar-refractivity contribution is 5.79. The lowest BCUT2D eigenvalue weighted by Crippen LogP contribution is -2.58. The minimum absolute atomic E-state index is 0.0454. The van der Waals surface area contributed by atoms with E-state index in [0.29, 0.717) is 47.7 Å². The summed E-state index contributed by atoms with van der Waals surface area (Å²) in [4.78, 5) is 24.2. The molecule has 176 valence electrons. The van der Waals surface area contributed by atoms with Gasteiger partial charge in [-0.1, -0.05) is 20.8 Å². The molecule has 4 nitrogen and oxygen atoms in total. The van der Waals surface area contributed by atoms with Gasteiger partial charge in [0.2, 0.25) is 0 Å². The lowest BCUT2D eigenvalue weighted by atomic mass is 9.44. The van der Waals surface area contributed by atoms with Crippen LogP contribution in [0.4, 0.5) is 0 Å². The van der Waals surface area contributed by atoms with Gasteiger partial charge >= 0.3 is 5.97 Å². The summed E-state index contributed by atoms with van der Waals surface area (Å²) in [7, 11) is 0. The van der Waals surface area contributed by atoms with E-state index >= 15 is 0 Å². The zero-order chi connectivity index (χ0) is 22.6. The quantitative estimate of drug-likeness (QED) is 0.578. The van der Waals surface area contributed by atoms with Gasteiger partial charge in [0, 0.05) is 19.3 Å². The first-order valence-electron chi connectivity index (χ1n) is 13.0. The second-order valence-corrected chi connectivity index (χ2v) is 12.3. The molecule has 0 radical (unpaired) electrons. The minimum Gasteiger partial charge on any atom is -0.463 e. The molecule has 0 amide bonds. The third-order valence-electron chi connectivity index (χ3n) is 10.5. The number of carbonyl (C=O) groups is 2. The number of hydrogen-bond acceptors (Lipinski definition) is 4. The molecule has 0 bridgehead atoms. The Hall–Kier alpha value is -0.900. The zero-order valence-corrected chi connectivity index (χ0v) is 20.4. The average Bonchev–Trinajstić information content (AvgIpc) is 3.06. The van der Waals surface area contributed by atoms with Crippen LogP contribution < -0.4 is 0 Å². The summed E-state index contributed by atoms with van der Waals surface area (Å²) in [6.45, 7) is 10.9. The van der Waals surface area contributed by atoms with Crippen LogP contribution >= 0.6 is 0 Å². The normalized spacial score (nSPS) is 45.6. The third kappa shape index (κ3) is 3.89. The van der Waals surface area contributed by atoms with Crippen molar-refractivity contribution < 1.29 is 19.4 Å². The van der Waals surface area contributed by atoms with Crippen LogP contribution in [-0.2, 0) is 14.3 Å². The SMILES string of the molecule is CC(C)OC(=O)CC[C@@H](C)[C@H]1CCC2C3CCC4CC(=O)CC[C@]4(C)C3C[C@H](O)[C@@]21C. The monoisotopic (exact) mass is 432 g/mol. The van der Waals surface area contributed by atoms with Gasteiger partial charge in [0.05, 0.1) is 12.2 Å². The van der Waals surface area contributed by atoms with Gasteiger partial charge in [-0.25, -0.2) is 0 Å². The number of aliphatic hydroxyl groups is 1. The predicted molar refractivity (Wildman–Crippen MR) is 121 cm³/mol. The van der Waals surface area contributed by atoms with Gasteiger partial charge in [0.15, 0.2) is 0 Å². The van der Waals surface area contributed by atoms with Crippen LogP contribution in [0.5, 0.6) is 0 Å². The Balaban J connectivity index is 1.49. The predicted octanol–water partition coefficient (Wildman–Crippen LogP) is 5.55. The molecule has 0 spiro atoms. The van der Waals surface area contributed by atoms with E-state index in [4.69, 9.17) is 4.74 Å². The van der Waals surface area contributed by atoms with E-state index < -0.39 is 0 Å². The fraction of sp³-hybridized carbons (Fsp3) is 0.926. The maximum Gasteiger partial charge on any atom is 0.306 e. The molecule has 4 fully saturated rings. The van der Waals surface area contributed by atoms with Gasteiger partial charge in [0.1, 0.15) is 5.78 Å². The Bertz CT molecular complexity index is 701. The minimum atomic E-state index is -0.274. The van der Waals surface area contributed by atoms with Crippen molar-refractivity contribution in [2.24, 2.45) is 46.3 Å². The van der Waals surface area contributed by atoms with Crippen LogP contribution in [0.1, 0.15) is 98.8 Å². The maximum atomic E-state index is 12.1. The smallest absolute Gasteiger partial charge is 0.306 e. The summed E-state index contributed by atoms with van der Waals surface area (Å²) in [5.74, 6) is 3.59. The fourth-order valence-electron chi connectivity index (χ4n) is 8.84. The second kappa shape index (κ2) is 8.47. The second-order valence-electron chi connectivity index (χ2n) is 12.3. The molecule has 1 N–H and O–H groups in total. The number of hydrogen-bond donors (Lipinski definition) is 1. The van der Waals surface area contributed by atoms with Crippen LogP contribution in [0.2, 0.25) is 0 Å². The molecule has 4 rings (SSSR count). The first-order valence-corrected chi connectivity index (χ1v) is 13.0. The van der Waals surface area contributed by atoms with Crippen LogP contribution in [0.3, 0.4) is 0 Å². The molecule has 0 aromatic heterocycles. The molecule has 0 aromatic rings. The molecule has 9 atom stereocenters. The van der Waals surface area contributed by atoms with Gasteiger partial charge < -0.3 is 9.84 Å². The Kier molecular flexibility index (Phi) is 6.35. The largest absolute Gasteiger partial charge is 0.463 e. The fourth-order valence-corrected chi connectivity index (χ4v) is 8.84. The van der Waals surface area contributed by atoms with Crippen molar-refractivity contribution in [3.8, 4) is 0 Å². The summed E-state index contributed by atoms with van der Waals surface area (Å²) < 4.78 is 5.34. The summed E-state index contributed by atoms with van der Waals surface area (Å²) in [5.41, 5.74) is 0.180. The number of esters is 1. The van der Waals surface area contributed by atoms with Crippen LogP contribution in [0.15, 0.2) is 0 Å². The Labute approximate surface area is 188 Å². The Morgan fingerprint density at radius 2 is 1.87 bits per heavy atom. The van der Waals surface area contributed by atoms with Crippen molar-refractivity contribution in [3.05, 3.63) is 0 Å². The van der Waals surface area contributed by atoms with Gasteiger partial charge in [-0.15, -0.1) is 0 Å². The summed E-state index contributed by atoms with van der Waals surface area (Å²) >= 11 is 0. The standard InChI is InChI=1S/C27H44O4/c1-16(2)31-25(30)11-6-17(3)21-9-10-22-20-8-7-18-14-19(28)12-13-26(18,4)23(20)15-24(29)27(21,22)5/h16-18,20-24,29H,6-15H2,1-5H3/t17-,18?,20?,21-,22?,23?,24+,26+,27-/m1/s1. The molecular weight excluding hydrogens is 388 g/mol. The maximum absolute atomic E-state index is 12.1. The van der Waals surface area contributed by atoms with Crippen molar-refractivity contribution in [1.82, 2.24) is 0 Å². The molecule has 4 aliphatic rings. The Morgan fingerprint density at radius 3 is 2.58 bits per heavy atom. The number of ketones is 1. The zero-order valence-electron chi connectivity index (χ0n) is 20.4. The van der Waals surface area contributed by atoms with E-state index in [1.165, 1.54) is 25.7 Å². The molecule has 0 aliphatic heterocycles. The number of ether oxygens (including phenoxy) is 1. The van der Waals surface area contributed by atoms with Crippen LogP contribution in [0, 0.1) is 46.3 Å². The van der Waals surface area contributed by atoms with Gasteiger partial charge in [-0.05, 0) is 105 Å². The van der Waals surface area contributed by atoms with E-state index in [1.54, 1.807) is 0 Å². The molecule has 4 heteroatoms. The molecule has 0 aromatic carbocycles. The van der Waals surface area contributed by atoms with Crippen molar-refractivity contribution in [2.75, 3.05) is 0 Å². The van der Waals surface area contributed by atoms with Crippen molar-refractivity contribution in [2.45, 2.75) is 111 Å². The number of Topliss-reactive ketones (excluding diaryl/α,β-unsaturated/α-hetero) is 1. The summed E-state index contributed by atoms with van der Waals surface area (Å²) in [6.07, 6.45) is 9.21. The van der Waals surface area contributed by atoms with Crippen molar-refractivity contribution in [1.29, 1.82) is 0 Å². The van der Waals surface area contributed by atoms with Crippen molar-refractivity contribution in [3.63, 3.8) is 0 Å². The lowest BCUT2D eigenvalue weighted by molar-refractivity contribution is -0.171. The molecule has 0 saturated heterocycles. The summed E-state index contributed by atoms with van der Waals surface area (Å²) in [6, 6.07) is 0. The van der Waals surface area contributed by atoms with Crippen LogP contribution in [0.25, 0.3) is 0 Å².